The van der Waals surface area contributed by atoms with E-state index in [-0.39, 0.29) is 0 Å². The molecule has 0 aliphatic heterocycles. The van der Waals surface area contributed by atoms with Crippen molar-refractivity contribution in [2.45, 2.75) is 39.7 Å². The number of hydrogen-bond acceptors (Lipinski definition) is 2. The Morgan fingerprint density at radius 1 is 1.40 bits per heavy atom. The molecule has 1 atom stereocenters. The van der Waals surface area contributed by atoms with Crippen molar-refractivity contribution in [1.29, 1.82) is 0 Å². The zero-order valence-corrected chi connectivity index (χ0v) is 11.1. The van der Waals surface area contributed by atoms with Gasteiger partial charge in [0.2, 0.25) is 0 Å². The molecule has 90 valence electrons. The van der Waals surface area contributed by atoms with Crippen LogP contribution in [0, 0.1) is 5.92 Å². The highest BCUT2D eigenvalue weighted by Gasteiger charge is 2.11. The first-order chi connectivity index (χ1) is 7.11. The molecule has 4 heteroatoms. The van der Waals surface area contributed by atoms with Crippen molar-refractivity contribution in [2.24, 2.45) is 5.92 Å². The molecule has 0 aromatic carbocycles. The molecule has 0 aromatic heterocycles. The van der Waals surface area contributed by atoms with Gasteiger partial charge in [0.1, 0.15) is 0 Å². The maximum absolute atomic E-state index is 5.20. The van der Waals surface area contributed by atoms with Crippen molar-refractivity contribution >= 4 is 17.3 Å². The van der Waals surface area contributed by atoms with E-state index in [1.165, 1.54) is 0 Å². The SMILES string of the molecule is CCC(NC(=S)NCCCOC)C(C)C. The zero-order chi connectivity index (χ0) is 11.7. The summed E-state index contributed by atoms with van der Waals surface area (Å²) in [7, 11) is 1.71. The van der Waals surface area contributed by atoms with Crippen molar-refractivity contribution in [1.82, 2.24) is 10.6 Å². The second kappa shape index (κ2) is 8.92. The zero-order valence-electron chi connectivity index (χ0n) is 10.3. The van der Waals surface area contributed by atoms with E-state index in [4.69, 9.17) is 17.0 Å². The molecule has 0 aliphatic carbocycles. The van der Waals surface area contributed by atoms with Crippen molar-refractivity contribution in [3.63, 3.8) is 0 Å². The van der Waals surface area contributed by atoms with E-state index in [0.29, 0.717) is 12.0 Å². The molecule has 0 aliphatic rings. The lowest BCUT2D eigenvalue weighted by molar-refractivity contribution is 0.195. The summed E-state index contributed by atoms with van der Waals surface area (Å²) in [5.74, 6) is 0.605. The summed E-state index contributed by atoms with van der Waals surface area (Å²) in [4.78, 5) is 0. The average Bonchev–Trinajstić information content (AvgIpc) is 2.20. The molecular weight excluding hydrogens is 208 g/mol. The van der Waals surface area contributed by atoms with Crippen LogP contribution in [0.5, 0.6) is 0 Å². The first-order valence-electron chi connectivity index (χ1n) is 5.65. The molecule has 0 rings (SSSR count). The monoisotopic (exact) mass is 232 g/mol. The summed E-state index contributed by atoms with van der Waals surface area (Å²) in [6.45, 7) is 8.22. The van der Waals surface area contributed by atoms with Gasteiger partial charge < -0.3 is 15.4 Å². The van der Waals surface area contributed by atoms with Crippen LogP contribution in [0.25, 0.3) is 0 Å². The minimum Gasteiger partial charge on any atom is -0.385 e. The molecule has 15 heavy (non-hydrogen) atoms. The van der Waals surface area contributed by atoms with Gasteiger partial charge in [0.05, 0.1) is 0 Å². The molecule has 0 amide bonds. The third kappa shape index (κ3) is 7.56. The Bertz CT molecular complexity index is 174. The minimum atomic E-state index is 0.465. The molecule has 2 N–H and O–H groups in total. The first-order valence-corrected chi connectivity index (χ1v) is 6.05. The third-order valence-corrected chi connectivity index (χ3v) is 2.63. The Morgan fingerprint density at radius 3 is 2.53 bits per heavy atom. The van der Waals surface area contributed by atoms with Crippen LogP contribution >= 0.6 is 12.2 Å². The van der Waals surface area contributed by atoms with Crippen LogP contribution in [-0.4, -0.2) is 31.4 Å². The van der Waals surface area contributed by atoms with E-state index >= 15 is 0 Å². The summed E-state index contributed by atoms with van der Waals surface area (Å²) >= 11 is 5.20. The molecule has 0 aromatic rings. The fourth-order valence-electron chi connectivity index (χ4n) is 1.38. The highest BCUT2D eigenvalue weighted by molar-refractivity contribution is 7.80. The quantitative estimate of drug-likeness (QED) is 0.519. The molecule has 0 heterocycles. The lowest BCUT2D eigenvalue weighted by Gasteiger charge is -2.22. The van der Waals surface area contributed by atoms with Gasteiger partial charge in [-0.1, -0.05) is 20.8 Å². The number of methoxy groups -OCH3 is 1. The van der Waals surface area contributed by atoms with E-state index in [9.17, 15) is 0 Å². The third-order valence-electron chi connectivity index (χ3n) is 2.37. The van der Waals surface area contributed by atoms with Gasteiger partial charge in [0, 0.05) is 26.3 Å². The second-order valence-electron chi connectivity index (χ2n) is 4.01. The topological polar surface area (TPSA) is 33.3 Å². The molecule has 0 bridgehead atoms. The van der Waals surface area contributed by atoms with Crippen LogP contribution in [0.4, 0.5) is 0 Å². The molecular formula is C11H24N2OS. The van der Waals surface area contributed by atoms with E-state index in [1.807, 2.05) is 0 Å². The first kappa shape index (κ1) is 14.6. The number of nitrogens with one attached hydrogen (secondary N) is 2. The van der Waals surface area contributed by atoms with E-state index in [1.54, 1.807) is 7.11 Å². The lowest BCUT2D eigenvalue weighted by atomic mass is 10.0. The van der Waals surface area contributed by atoms with Crippen molar-refractivity contribution in [3.05, 3.63) is 0 Å². The second-order valence-corrected chi connectivity index (χ2v) is 4.41. The predicted molar refractivity (Wildman–Crippen MR) is 69.1 cm³/mol. The van der Waals surface area contributed by atoms with E-state index < -0.39 is 0 Å². The van der Waals surface area contributed by atoms with Gasteiger partial charge in [-0.25, -0.2) is 0 Å². The van der Waals surface area contributed by atoms with Gasteiger partial charge in [-0.3, -0.25) is 0 Å². The van der Waals surface area contributed by atoms with E-state index in [0.717, 1.165) is 31.1 Å². The Hall–Kier alpha value is -0.350. The average molecular weight is 232 g/mol. The predicted octanol–water partition coefficient (Wildman–Crippen LogP) is 1.92. The largest absolute Gasteiger partial charge is 0.385 e. The normalized spacial score (nSPS) is 12.6. The molecule has 0 spiro atoms. The van der Waals surface area contributed by atoms with Gasteiger partial charge >= 0.3 is 0 Å². The lowest BCUT2D eigenvalue weighted by Crippen LogP contribution is -2.44. The maximum atomic E-state index is 5.20. The highest BCUT2D eigenvalue weighted by Crippen LogP contribution is 2.04. The van der Waals surface area contributed by atoms with Crippen molar-refractivity contribution in [2.75, 3.05) is 20.3 Å². The fraction of sp³-hybridized carbons (Fsp3) is 0.909. The summed E-state index contributed by atoms with van der Waals surface area (Å²) in [5.41, 5.74) is 0. The Balaban J connectivity index is 3.62. The van der Waals surface area contributed by atoms with Gasteiger partial charge in [-0.2, -0.15) is 0 Å². The molecule has 0 saturated heterocycles. The van der Waals surface area contributed by atoms with Gasteiger partial charge in [-0.15, -0.1) is 0 Å². The molecule has 0 fully saturated rings. The molecule has 3 nitrogen and oxygen atoms in total. The maximum Gasteiger partial charge on any atom is 0.166 e. The van der Waals surface area contributed by atoms with Crippen LogP contribution < -0.4 is 10.6 Å². The number of hydrogen-bond donors (Lipinski definition) is 2. The number of rotatable bonds is 7. The van der Waals surface area contributed by atoms with Crippen LogP contribution in [-0.2, 0) is 4.74 Å². The van der Waals surface area contributed by atoms with Crippen molar-refractivity contribution in [3.8, 4) is 0 Å². The fourth-order valence-corrected chi connectivity index (χ4v) is 1.63. The van der Waals surface area contributed by atoms with Gasteiger partial charge in [0.15, 0.2) is 5.11 Å². The van der Waals surface area contributed by atoms with Crippen molar-refractivity contribution < 1.29 is 4.74 Å². The van der Waals surface area contributed by atoms with Crippen LogP contribution in [0.2, 0.25) is 0 Å². The van der Waals surface area contributed by atoms with Gasteiger partial charge in [-0.05, 0) is 31.0 Å². The molecule has 1 unspecified atom stereocenters. The standard InChI is InChI=1S/C11H24N2OS/c1-5-10(9(2)3)13-11(15)12-7-6-8-14-4/h9-10H,5-8H2,1-4H3,(H2,12,13,15). The summed E-state index contributed by atoms with van der Waals surface area (Å²) in [6.07, 6.45) is 2.08. The van der Waals surface area contributed by atoms with Crippen LogP contribution in [0.15, 0.2) is 0 Å². The van der Waals surface area contributed by atoms with Crippen LogP contribution in [0.3, 0.4) is 0 Å². The molecule has 0 saturated carbocycles. The Kier molecular flexibility index (Phi) is 8.71. The highest BCUT2D eigenvalue weighted by atomic mass is 32.1. The number of ether oxygens (including phenoxy) is 1. The molecule has 0 radical (unpaired) electrons. The smallest absolute Gasteiger partial charge is 0.166 e. The van der Waals surface area contributed by atoms with Crippen LogP contribution in [0.1, 0.15) is 33.6 Å². The summed E-state index contributed by atoms with van der Waals surface area (Å²) < 4.78 is 4.96. The van der Waals surface area contributed by atoms with E-state index in [2.05, 4.69) is 31.4 Å². The Labute approximate surface area is 99.0 Å². The minimum absolute atomic E-state index is 0.465. The Morgan fingerprint density at radius 2 is 2.07 bits per heavy atom. The summed E-state index contributed by atoms with van der Waals surface area (Å²) in [5, 5.41) is 7.26. The summed E-state index contributed by atoms with van der Waals surface area (Å²) in [6, 6.07) is 0.465. The number of thiocarbonyl (C=S) groups is 1. The van der Waals surface area contributed by atoms with Gasteiger partial charge in [0.25, 0.3) is 0 Å².